The first kappa shape index (κ1) is 20.7. The molecule has 5 nitrogen and oxygen atoms in total. The molecule has 1 aliphatic heterocycles. The molecular weight excluding hydrogens is 398 g/mol. The third-order valence-corrected chi connectivity index (χ3v) is 4.88. The largest absolute Gasteiger partial charge is 0.495 e. The zero-order valence-corrected chi connectivity index (χ0v) is 17.0. The minimum absolute atomic E-state index is 0.166. The molecule has 1 N–H and O–H groups in total. The maximum absolute atomic E-state index is 13.9. The second kappa shape index (κ2) is 8.57. The van der Waals surface area contributed by atoms with E-state index in [-0.39, 0.29) is 17.3 Å². The number of para-hydroxylation sites is 2. The summed E-state index contributed by atoms with van der Waals surface area (Å²) in [6.45, 7) is 3.58. The molecule has 3 rings (SSSR count). The number of hydrogen-bond donors (Lipinski definition) is 1. The van der Waals surface area contributed by atoms with Crippen LogP contribution in [-0.2, 0) is 9.53 Å². The Hall–Kier alpha value is -3.00. The van der Waals surface area contributed by atoms with Crippen LogP contribution in [-0.4, -0.2) is 24.8 Å². The van der Waals surface area contributed by atoms with Crippen molar-refractivity contribution in [1.82, 2.24) is 5.32 Å². The Bertz CT molecular complexity index is 994. The number of thiocarbonyl (C=S) groups is 1. The van der Waals surface area contributed by atoms with Crippen LogP contribution in [0.3, 0.4) is 0 Å². The summed E-state index contributed by atoms with van der Waals surface area (Å²) in [7, 11) is 1.54. The van der Waals surface area contributed by atoms with Gasteiger partial charge in [-0.3, -0.25) is 4.90 Å². The van der Waals surface area contributed by atoms with Gasteiger partial charge < -0.3 is 14.8 Å². The summed E-state index contributed by atoms with van der Waals surface area (Å²) in [6, 6.07) is 9.89. The van der Waals surface area contributed by atoms with Crippen molar-refractivity contribution in [2.45, 2.75) is 19.9 Å². The van der Waals surface area contributed by atoms with Crippen LogP contribution in [0.2, 0.25) is 0 Å². The van der Waals surface area contributed by atoms with E-state index in [1.54, 1.807) is 30.9 Å². The van der Waals surface area contributed by atoms with Gasteiger partial charge >= 0.3 is 5.97 Å². The van der Waals surface area contributed by atoms with Crippen LogP contribution in [0.25, 0.3) is 0 Å². The van der Waals surface area contributed by atoms with Crippen LogP contribution in [0.15, 0.2) is 53.7 Å². The number of carbonyl (C=O) groups is 1. The van der Waals surface area contributed by atoms with Gasteiger partial charge in [-0.1, -0.05) is 18.2 Å². The molecule has 29 heavy (non-hydrogen) atoms. The van der Waals surface area contributed by atoms with Gasteiger partial charge in [0.2, 0.25) is 0 Å². The standard InChI is InChI=1S/C21H20F2N2O3S/c1-4-28-20(26)18-12(2)25(16-7-5-6-8-17(16)27-3)21(29)24-19(18)13-9-10-14(22)15(23)11-13/h5-11,19H,4H2,1-3H3,(H,24,29)/t19-/m0/s1. The summed E-state index contributed by atoms with van der Waals surface area (Å²) in [5, 5.41) is 3.34. The van der Waals surface area contributed by atoms with Gasteiger partial charge in [-0.25, -0.2) is 13.6 Å². The molecule has 0 saturated heterocycles. The molecule has 0 amide bonds. The summed E-state index contributed by atoms with van der Waals surface area (Å²) in [4.78, 5) is 14.5. The Balaban J connectivity index is 2.17. The van der Waals surface area contributed by atoms with Crippen LogP contribution < -0.4 is 15.0 Å². The summed E-state index contributed by atoms with van der Waals surface area (Å²) >= 11 is 5.54. The average molecular weight is 418 g/mol. The molecule has 0 fully saturated rings. The number of nitrogens with one attached hydrogen (secondary N) is 1. The average Bonchev–Trinajstić information content (AvgIpc) is 2.70. The third-order valence-electron chi connectivity index (χ3n) is 4.58. The lowest BCUT2D eigenvalue weighted by molar-refractivity contribution is -0.139. The van der Waals surface area contributed by atoms with Crippen LogP contribution in [0.4, 0.5) is 14.5 Å². The predicted octanol–water partition coefficient (Wildman–Crippen LogP) is 4.25. The number of carbonyl (C=O) groups excluding carboxylic acids is 1. The van der Waals surface area contributed by atoms with Crippen molar-refractivity contribution in [3.05, 3.63) is 70.9 Å². The van der Waals surface area contributed by atoms with E-state index >= 15 is 0 Å². The fourth-order valence-electron chi connectivity index (χ4n) is 3.26. The topological polar surface area (TPSA) is 50.8 Å². The van der Waals surface area contributed by atoms with Gasteiger partial charge in [0.15, 0.2) is 16.7 Å². The molecule has 0 radical (unpaired) electrons. The first-order valence-corrected chi connectivity index (χ1v) is 9.36. The zero-order valence-electron chi connectivity index (χ0n) is 16.2. The number of rotatable bonds is 5. The van der Waals surface area contributed by atoms with Crippen molar-refractivity contribution in [3.8, 4) is 5.75 Å². The Morgan fingerprint density at radius 2 is 1.93 bits per heavy atom. The minimum atomic E-state index is -1.01. The Morgan fingerprint density at radius 1 is 1.21 bits per heavy atom. The number of methoxy groups -OCH3 is 1. The zero-order chi connectivity index (χ0) is 21.1. The van der Waals surface area contributed by atoms with Crippen LogP contribution in [0, 0.1) is 11.6 Å². The molecule has 0 aliphatic carbocycles. The fourth-order valence-corrected chi connectivity index (χ4v) is 3.62. The van der Waals surface area contributed by atoms with E-state index in [1.807, 2.05) is 12.1 Å². The number of benzene rings is 2. The summed E-state index contributed by atoms with van der Waals surface area (Å²) in [6.07, 6.45) is 0. The number of anilines is 1. The molecule has 2 aromatic carbocycles. The van der Waals surface area contributed by atoms with Gasteiger partial charge in [-0.15, -0.1) is 0 Å². The molecule has 1 heterocycles. The fraction of sp³-hybridized carbons (Fsp3) is 0.238. The van der Waals surface area contributed by atoms with Crippen molar-refractivity contribution >= 4 is 29.0 Å². The van der Waals surface area contributed by atoms with Gasteiger partial charge in [0.25, 0.3) is 0 Å². The van der Waals surface area contributed by atoms with E-state index in [0.717, 1.165) is 12.1 Å². The molecule has 152 valence electrons. The molecular formula is C21H20F2N2O3S. The first-order chi connectivity index (χ1) is 13.9. The SMILES string of the molecule is CCOC(=O)C1=C(C)N(c2ccccc2OC)C(=S)N[C@H]1c1ccc(F)c(F)c1. The number of ether oxygens (including phenoxy) is 2. The second-order valence-electron chi connectivity index (χ2n) is 6.28. The number of nitrogens with zero attached hydrogens (tertiary/aromatic N) is 1. The highest BCUT2D eigenvalue weighted by molar-refractivity contribution is 7.80. The monoisotopic (exact) mass is 418 g/mol. The van der Waals surface area contributed by atoms with Crippen LogP contribution in [0.5, 0.6) is 5.75 Å². The Morgan fingerprint density at radius 3 is 2.59 bits per heavy atom. The van der Waals surface area contributed by atoms with Gasteiger partial charge in [0.1, 0.15) is 5.75 Å². The van der Waals surface area contributed by atoms with Crippen molar-refractivity contribution in [2.24, 2.45) is 0 Å². The van der Waals surface area contributed by atoms with E-state index in [1.165, 1.54) is 13.2 Å². The summed E-state index contributed by atoms with van der Waals surface area (Å²) in [5.74, 6) is -2.00. The lowest BCUT2D eigenvalue weighted by atomic mass is 9.94. The maximum Gasteiger partial charge on any atom is 0.338 e. The molecule has 0 spiro atoms. The van der Waals surface area contributed by atoms with Crippen molar-refractivity contribution < 1.29 is 23.0 Å². The Kier molecular flexibility index (Phi) is 6.12. The predicted molar refractivity (Wildman–Crippen MR) is 110 cm³/mol. The molecule has 0 unspecified atom stereocenters. The van der Waals surface area contributed by atoms with E-state index in [9.17, 15) is 13.6 Å². The van der Waals surface area contributed by atoms with Crippen molar-refractivity contribution in [3.63, 3.8) is 0 Å². The second-order valence-corrected chi connectivity index (χ2v) is 6.67. The summed E-state index contributed by atoms with van der Waals surface area (Å²) in [5.41, 5.74) is 1.74. The highest BCUT2D eigenvalue weighted by atomic mass is 32.1. The third kappa shape index (κ3) is 3.93. The molecule has 2 aromatic rings. The first-order valence-electron chi connectivity index (χ1n) is 8.95. The molecule has 1 atom stereocenters. The molecule has 0 bridgehead atoms. The Labute approximate surface area is 172 Å². The van der Waals surface area contributed by atoms with Gasteiger partial charge in [-0.05, 0) is 55.9 Å². The number of allylic oxidation sites excluding steroid dienone is 1. The molecule has 1 aliphatic rings. The van der Waals surface area contributed by atoms with Crippen molar-refractivity contribution in [2.75, 3.05) is 18.6 Å². The normalized spacial score (nSPS) is 16.5. The number of esters is 1. The van der Waals surface area contributed by atoms with Gasteiger partial charge in [0, 0.05) is 5.70 Å². The number of hydrogen-bond acceptors (Lipinski definition) is 4. The van der Waals surface area contributed by atoms with Crippen LogP contribution >= 0.6 is 12.2 Å². The van der Waals surface area contributed by atoms with E-state index < -0.39 is 23.6 Å². The molecule has 8 heteroatoms. The van der Waals surface area contributed by atoms with E-state index in [2.05, 4.69) is 5.32 Å². The highest BCUT2D eigenvalue weighted by Crippen LogP contribution is 2.38. The van der Waals surface area contributed by atoms with E-state index in [4.69, 9.17) is 21.7 Å². The van der Waals surface area contributed by atoms with E-state index in [0.29, 0.717) is 22.7 Å². The molecule has 0 aromatic heterocycles. The quantitative estimate of drug-likeness (QED) is 0.579. The lowest BCUT2D eigenvalue weighted by Gasteiger charge is -2.38. The molecule has 0 saturated carbocycles. The summed E-state index contributed by atoms with van der Waals surface area (Å²) < 4.78 is 37.9. The van der Waals surface area contributed by atoms with Gasteiger partial charge in [0.05, 0.1) is 31.0 Å². The highest BCUT2D eigenvalue weighted by Gasteiger charge is 2.36. The van der Waals surface area contributed by atoms with Crippen LogP contribution in [0.1, 0.15) is 25.5 Å². The smallest absolute Gasteiger partial charge is 0.338 e. The minimum Gasteiger partial charge on any atom is -0.495 e. The van der Waals surface area contributed by atoms with Gasteiger partial charge in [-0.2, -0.15) is 0 Å². The maximum atomic E-state index is 13.9. The van der Waals surface area contributed by atoms with Crippen molar-refractivity contribution in [1.29, 1.82) is 0 Å². The number of halogens is 2. The lowest BCUT2D eigenvalue weighted by Crippen LogP contribution is -2.48.